The van der Waals surface area contributed by atoms with Crippen molar-refractivity contribution in [2.45, 2.75) is 35.7 Å². The molecule has 1 amide bonds. The smallest absolute Gasteiger partial charge is 0.466 e. The van der Waals surface area contributed by atoms with Crippen LogP contribution < -0.4 is 5.32 Å². The van der Waals surface area contributed by atoms with Crippen LogP contribution in [0.25, 0.3) is 0 Å². The number of esters is 1. The molecule has 1 N–H and O–H groups in total. The van der Waals surface area contributed by atoms with E-state index in [2.05, 4.69) is 16.1 Å². The molecule has 0 bridgehead atoms. The number of hydrogen-bond donors (Lipinski definition) is 1. The predicted molar refractivity (Wildman–Crippen MR) is 74.3 cm³/mol. The molecule has 8 nitrogen and oxygen atoms in total. The Morgan fingerprint density at radius 2 is 1.45 bits per heavy atom. The maximum atomic E-state index is 13.3. The molecule has 1 atom stereocenters. The zero-order chi connectivity index (χ0) is 25.3. The van der Waals surface area contributed by atoms with Gasteiger partial charge in [-0.1, -0.05) is 6.58 Å². The van der Waals surface area contributed by atoms with Crippen LogP contribution in [0, 0.1) is 0 Å². The van der Waals surface area contributed by atoms with Gasteiger partial charge in [-0.05, 0) is 0 Å². The Kier molecular flexibility index (Phi) is 8.16. The number of amides is 1. The molecule has 0 radical (unpaired) electrons. The first kappa shape index (κ1) is 28.9. The number of hydrogen-bond acceptors (Lipinski definition) is 7. The van der Waals surface area contributed by atoms with Crippen molar-refractivity contribution in [3.05, 3.63) is 12.2 Å². The van der Waals surface area contributed by atoms with Crippen LogP contribution in [0.5, 0.6) is 0 Å². The van der Waals surface area contributed by atoms with Gasteiger partial charge < -0.3 is 19.3 Å². The fraction of sp³-hybridized carbons (Fsp3) is 0.667. The fourth-order valence-electron chi connectivity index (χ4n) is 1.53. The van der Waals surface area contributed by atoms with Crippen LogP contribution in [-0.4, -0.2) is 67.8 Å². The number of alkyl halides is 10. The van der Waals surface area contributed by atoms with E-state index in [4.69, 9.17) is 0 Å². The molecule has 0 saturated carbocycles. The van der Waals surface area contributed by atoms with E-state index in [1.807, 2.05) is 0 Å². The van der Waals surface area contributed by atoms with E-state index in [0.29, 0.717) is 7.05 Å². The van der Waals surface area contributed by atoms with Gasteiger partial charge in [0.2, 0.25) is 0 Å². The maximum Gasteiger partial charge on any atom is 0.466 e. The standard InChI is InChI=1S/C12H11F10NO7S/c1-5(10(15,16)17)6(24)30-9(7(25)23-2,11(18,19)20)29-4-3-8(13,14)12(21,22)31(26,27)28/h1,3-4H2,2H3,(H,23,25)(H,26,27,28)/p-1. The lowest BCUT2D eigenvalue weighted by Gasteiger charge is -2.34. The largest absolute Gasteiger partial charge is 0.743 e. The molecule has 1 unspecified atom stereocenters. The molecule has 0 heterocycles. The second-order valence-electron chi connectivity index (χ2n) is 5.33. The molecular formula is C12H10F10NO7S-. The van der Waals surface area contributed by atoms with Gasteiger partial charge in [-0.2, -0.15) is 43.9 Å². The molecule has 0 fully saturated rings. The van der Waals surface area contributed by atoms with Gasteiger partial charge in [0.1, 0.15) is 5.57 Å². The Morgan fingerprint density at radius 3 is 1.77 bits per heavy atom. The Labute approximate surface area is 165 Å². The highest BCUT2D eigenvalue weighted by atomic mass is 32.2. The molecule has 0 aromatic rings. The van der Waals surface area contributed by atoms with Gasteiger partial charge in [0.05, 0.1) is 6.61 Å². The van der Waals surface area contributed by atoms with Crippen molar-refractivity contribution in [3.63, 3.8) is 0 Å². The minimum absolute atomic E-state index is 0.408. The van der Waals surface area contributed by atoms with E-state index in [9.17, 15) is 66.5 Å². The van der Waals surface area contributed by atoms with Gasteiger partial charge in [-0.15, -0.1) is 0 Å². The summed E-state index contributed by atoms with van der Waals surface area (Å²) < 4.78 is 168. The van der Waals surface area contributed by atoms with Crippen LogP contribution in [0.4, 0.5) is 43.9 Å². The molecule has 0 aliphatic carbocycles. The second kappa shape index (κ2) is 8.77. The Morgan fingerprint density at radius 1 is 1.00 bits per heavy atom. The van der Waals surface area contributed by atoms with Gasteiger partial charge >= 0.3 is 41.2 Å². The third kappa shape index (κ3) is 5.97. The summed E-state index contributed by atoms with van der Waals surface area (Å²) in [4.78, 5) is 22.9. The average molecular weight is 502 g/mol. The minimum atomic E-state index is -7.03. The van der Waals surface area contributed by atoms with E-state index >= 15 is 0 Å². The van der Waals surface area contributed by atoms with Crippen molar-refractivity contribution in [3.8, 4) is 0 Å². The molecule has 31 heavy (non-hydrogen) atoms. The highest BCUT2D eigenvalue weighted by Gasteiger charge is 2.68. The number of carbonyl (C=O) groups is 2. The molecule has 0 spiro atoms. The SMILES string of the molecule is C=C(C(=O)OC(OCCC(F)(F)C(F)(F)S(=O)(=O)[O-])(C(=O)NC)C(F)(F)F)C(F)(F)F. The zero-order valence-electron chi connectivity index (χ0n) is 14.7. The summed E-state index contributed by atoms with van der Waals surface area (Å²) in [5.41, 5.74) is -2.59. The normalized spacial score (nSPS) is 15.7. The lowest BCUT2D eigenvalue weighted by molar-refractivity contribution is -0.350. The van der Waals surface area contributed by atoms with Crippen molar-refractivity contribution in [2.24, 2.45) is 0 Å². The highest BCUT2D eigenvalue weighted by Crippen LogP contribution is 2.42. The lowest BCUT2D eigenvalue weighted by Crippen LogP contribution is -2.61. The molecule has 0 aliphatic rings. The molecule has 19 heteroatoms. The molecule has 0 aromatic carbocycles. The minimum Gasteiger partial charge on any atom is -0.743 e. The third-order valence-corrected chi connectivity index (χ3v) is 4.11. The number of halogens is 10. The van der Waals surface area contributed by atoms with Gasteiger partial charge in [0, 0.05) is 13.5 Å². The zero-order valence-corrected chi connectivity index (χ0v) is 15.5. The summed E-state index contributed by atoms with van der Waals surface area (Å²) in [5, 5.41) is -5.20. The number of rotatable bonds is 9. The summed E-state index contributed by atoms with van der Waals surface area (Å²) in [6.07, 6.45) is -14.6. The summed E-state index contributed by atoms with van der Waals surface area (Å²) in [6, 6.07) is 0. The van der Waals surface area contributed by atoms with E-state index in [1.54, 1.807) is 0 Å². The van der Waals surface area contributed by atoms with Gasteiger partial charge in [-0.25, -0.2) is 13.2 Å². The average Bonchev–Trinajstić information content (AvgIpc) is 2.55. The molecule has 0 rings (SSSR count). The summed E-state index contributed by atoms with van der Waals surface area (Å²) in [6.45, 7) is -0.283. The van der Waals surface area contributed by atoms with Crippen LogP contribution in [-0.2, 0) is 29.2 Å². The summed E-state index contributed by atoms with van der Waals surface area (Å²) >= 11 is 0. The van der Waals surface area contributed by atoms with Gasteiger partial charge in [0.15, 0.2) is 10.1 Å². The quantitative estimate of drug-likeness (QED) is 0.168. The first-order valence-corrected chi connectivity index (χ1v) is 8.52. The van der Waals surface area contributed by atoms with E-state index < -0.39 is 69.9 Å². The van der Waals surface area contributed by atoms with Crippen LogP contribution >= 0.6 is 0 Å². The molecular weight excluding hydrogens is 492 g/mol. The Hall–Kier alpha value is -2.15. The lowest BCUT2D eigenvalue weighted by atomic mass is 10.2. The topological polar surface area (TPSA) is 122 Å². The van der Waals surface area contributed by atoms with Crippen LogP contribution in [0.2, 0.25) is 0 Å². The van der Waals surface area contributed by atoms with Gasteiger partial charge in [-0.3, -0.25) is 4.79 Å². The monoisotopic (exact) mass is 502 g/mol. The van der Waals surface area contributed by atoms with E-state index in [0.717, 1.165) is 5.32 Å². The Bertz CT molecular complexity index is 821. The van der Waals surface area contributed by atoms with E-state index in [1.165, 1.54) is 0 Å². The van der Waals surface area contributed by atoms with Crippen LogP contribution in [0.1, 0.15) is 6.42 Å². The number of ether oxygens (including phenoxy) is 2. The van der Waals surface area contributed by atoms with Crippen molar-refractivity contribution in [1.29, 1.82) is 0 Å². The first-order valence-electron chi connectivity index (χ1n) is 7.11. The maximum absolute atomic E-state index is 13.3. The van der Waals surface area contributed by atoms with Crippen molar-refractivity contribution < 1.29 is 75.9 Å². The highest BCUT2D eigenvalue weighted by molar-refractivity contribution is 7.86. The summed E-state index contributed by atoms with van der Waals surface area (Å²) in [7, 11) is -6.63. The molecule has 182 valence electrons. The molecule has 0 aromatic heterocycles. The van der Waals surface area contributed by atoms with Crippen LogP contribution in [0.15, 0.2) is 12.2 Å². The van der Waals surface area contributed by atoms with Crippen molar-refractivity contribution in [1.82, 2.24) is 5.32 Å². The molecule has 0 saturated heterocycles. The molecule has 0 aliphatic heterocycles. The second-order valence-corrected chi connectivity index (χ2v) is 6.75. The number of nitrogens with one attached hydrogen (secondary N) is 1. The Balaban J connectivity index is 6.04. The third-order valence-electron chi connectivity index (χ3n) is 3.19. The predicted octanol–water partition coefficient (Wildman–Crippen LogP) is 1.83. The van der Waals surface area contributed by atoms with Crippen molar-refractivity contribution in [2.75, 3.05) is 13.7 Å². The first-order chi connectivity index (χ1) is 13.5. The van der Waals surface area contributed by atoms with Gasteiger partial charge in [0.25, 0.3) is 0 Å². The van der Waals surface area contributed by atoms with Crippen molar-refractivity contribution >= 4 is 22.0 Å². The fourth-order valence-corrected chi connectivity index (χ4v) is 2.00. The van der Waals surface area contributed by atoms with Crippen LogP contribution in [0.3, 0.4) is 0 Å². The number of carbonyl (C=O) groups excluding carboxylic acids is 2. The van der Waals surface area contributed by atoms with E-state index in [-0.39, 0.29) is 0 Å². The number of likely N-dealkylation sites (N-methyl/N-ethyl adjacent to an activating group) is 1. The summed E-state index contributed by atoms with van der Waals surface area (Å²) in [5.74, 6) is -16.5.